The lowest BCUT2D eigenvalue weighted by molar-refractivity contribution is -0.132. The van der Waals surface area contributed by atoms with Gasteiger partial charge < -0.3 is 14.9 Å². The predicted octanol–water partition coefficient (Wildman–Crippen LogP) is 5.16. The van der Waals surface area contributed by atoms with Crippen molar-refractivity contribution in [2.24, 2.45) is 0 Å². The molecule has 0 bridgehead atoms. The Morgan fingerprint density at radius 1 is 1.10 bits per heavy atom. The first kappa shape index (κ1) is 29.1. The van der Waals surface area contributed by atoms with Crippen molar-refractivity contribution < 1.29 is 38.2 Å². The normalized spacial score (nSPS) is 16.5. The van der Waals surface area contributed by atoms with Crippen molar-refractivity contribution in [3.8, 4) is 11.5 Å². The number of aliphatic hydroxyl groups excluding tert-OH is 1. The highest BCUT2D eigenvalue weighted by molar-refractivity contribution is 7.93. The first-order valence-electron chi connectivity index (χ1n) is 12.3. The fourth-order valence-electron chi connectivity index (χ4n) is 4.39. The number of ether oxygens (including phenoxy) is 1. The van der Waals surface area contributed by atoms with Gasteiger partial charge in [-0.3, -0.25) is 25.2 Å². The van der Waals surface area contributed by atoms with E-state index < -0.39 is 33.3 Å². The summed E-state index contributed by atoms with van der Waals surface area (Å²) in [6.07, 6.45) is 1.07. The van der Waals surface area contributed by atoms with Crippen LogP contribution in [-0.2, 0) is 19.4 Å². The molecule has 1 unspecified atom stereocenters. The SMILES string of the molecule is CCOc1cc(C2C(=C(O)c3ccc(Cl)cc3)C(=O)C(=O)N2c2ncc(S(=O)(=O)c3ccc(NO)cc3)s2)ccc1O. The van der Waals surface area contributed by atoms with Crippen LogP contribution in [-0.4, -0.2) is 47.1 Å². The molecule has 1 aromatic heterocycles. The lowest BCUT2D eigenvalue weighted by Crippen LogP contribution is -2.29. The molecule has 3 aromatic carbocycles. The fourth-order valence-corrected chi connectivity index (χ4v) is 7.06. The maximum atomic E-state index is 13.5. The number of aromatic nitrogens is 1. The molecule has 11 nitrogen and oxygen atoms in total. The van der Waals surface area contributed by atoms with E-state index in [1.54, 1.807) is 6.92 Å². The van der Waals surface area contributed by atoms with E-state index in [1.807, 2.05) is 5.48 Å². The number of nitrogens with zero attached hydrogens (tertiary/aromatic N) is 2. The van der Waals surface area contributed by atoms with E-state index >= 15 is 0 Å². The van der Waals surface area contributed by atoms with Crippen molar-refractivity contribution >= 4 is 61.0 Å². The lowest BCUT2D eigenvalue weighted by Gasteiger charge is -2.23. The number of thiazole rings is 1. The molecule has 1 saturated heterocycles. The Bertz CT molecular complexity index is 1820. The molecule has 0 spiro atoms. The van der Waals surface area contributed by atoms with E-state index in [2.05, 4.69) is 4.98 Å². The molecule has 4 aromatic rings. The number of ketones is 1. The largest absolute Gasteiger partial charge is 0.507 e. The van der Waals surface area contributed by atoms with Crippen molar-refractivity contribution in [2.75, 3.05) is 17.0 Å². The molecule has 1 amide bonds. The van der Waals surface area contributed by atoms with Gasteiger partial charge in [0.05, 0.1) is 35.0 Å². The molecule has 42 heavy (non-hydrogen) atoms. The highest BCUT2D eigenvalue weighted by atomic mass is 35.5. The second-order valence-corrected chi connectivity index (χ2v) is 12.6. The predicted molar refractivity (Wildman–Crippen MR) is 155 cm³/mol. The fraction of sp³-hybridized carbons (Fsp3) is 0.107. The summed E-state index contributed by atoms with van der Waals surface area (Å²) >= 11 is 6.64. The number of hydrogen-bond acceptors (Lipinski definition) is 11. The summed E-state index contributed by atoms with van der Waals surface area (Å²) in [7, 11) is -4.09. The summed E-state index contributed by atoms with van der Waals surface area (Å²) in [6.45, 7) is 1.93. The highest BCUT2D eigenvalue weighted by Crippen LogP contribution is 2.45. The summed E-state index contributed by atoms with van der Waals surface area (Å²) < 4.78 is 31.9. The second-order valence-electron chi connectivity index (χ2n) is 8.94. The van der Waals surface area contributed by atoms with E-state index in [4.69, 9.17) is 21.5 Å². The maximum absolute atomic E-state index is 13.5. The quantitative estimate of drug-likeness (QED) is 0.0886. The molecule has 216 valence electrons. The zero-order valence-electron chi connectivity index (χ0n) is 21.7. The van der Waals surface area contributed by atoms with Crippen LogP contribution in [0.5, 0.6) is 11.5 Å². The van der Waals surface area contributed by atoms with Gasteiger partial charge in [0.2, 0.25) is 9.84 Å². The lowest BCUT2D eigenvalue weighted by atomic mass is 9.95. The maximum Gasteiger partial charge on any atom is 0.301 e. The monoisotopic (exact) mass is 627 g/mol. The molecule has 2 heterocycles. The Morgan fingerprint density at radius 2 is 1.79 bits per heavy atom. The zero-order chi connectivity index (χ0) is 30.2. The molecule has 5 rings (SSSR count). The van der Waals surface area contributed by atoms with E-state index in [-0.39, 0.29) is 54.7 Å². The number of anilines is 2. The van der Waals surface area contributed by atoms with Gasteiger partial charge in [-0.2, -0.15) is 0 Å². The van der Waals surface area contributed by atoms with Crippen LogP contribution in [0.2, 0.25) is 5.02 Å². The van der Waals surface area contributed by atoms with Crippen LogP contribution in [0.15, 0.2) is 87.6 Å². The van der Waals surface area contributed by atoms with Crippen LogP contribution in [0.4, 0.5) is 10.8 Å². The smallest absolute Gasteiger partial charge is 0.301 e. The van der Waals surface area contributed by atoms with Gasteiger partial charge in [0, 0.05) is 10.6 Å². The number of rotatable bonds is 8. The van der Waals surface area contributed by atoms with Crippen LogP contribution in [0, 0.1) is 0 Å². The molecule has 0 aliphatic carbocycles. The van der Waals surface area contributed by atoms with E-state index in [9.17, 15) is 28.2 Å². The van der Waals surface area contributed by atoms with Crippen molar-refractivity contribution in [2.45, 2.75) is 22.1 Å². The number of carbonyl (C=O) groups is 2. The van der Waals surface area contributed by atoms with Gasteiger partial charge in [0.1, 0.15) is 9.97 Å². The van der Waals surface area contributed by atoms with Gasteiger partial charge in [-0.25, -0.2) is 13.4 Å². The van der Waals surface area contributed by atoms with Gasteiger partial charge in [0.15, 0.2) is 16.6 Å². The van der Waals surface area contributed by atoms with Crippen LogP contribution >= 0.6 is 22.9 Å². The van der Waals surface area contributed by atoms with Crippen LogP contribution < -0.4 is 15.1 Å². The van der Waals surface area contributed by atoms with Gasteiger partial charge in [-0.05, 0) is 73.2 Å². The molecule has 1 aliphatic rings. The topological polar surface area (TPSA) is 166 Å². The van der Waals surface area contributed by atoms with Gasteiger partial charge >= 0.3 is 5.91 Å². The van der Waals surface area contributed by atoms with Crippen LogP contribution in [0.25, 0.3) is 5.76 Å². The Morgan fingerprint density at radius 3 is 2.43 bits per heavy atom. The Hall–Kier alpha value is -4.43. The highest BCUT2D eigenvalue weighted by Gasteiger charge is 2.48. The molecule has 14 heteroatoms. The van der Waals surface area contributed by atoms with Crippen LogP contribution in [0.1, 0.15) is 24.1 Å². The summed E-state index contributed by atoms with van der Waals surface area (Å²) in [6, 6.07) is 14.3. The first-order chi connectivity index (χ1) is 20.1. The zero-order valence-corrected chi connectivity index (χ0v) is 24.1. The molecular formula is C28H22ClN3O8S2. The standard InChI is InChI=1S/C28H22ClN3O8S2/c1-2-40-21-13-16(5-12-20(21)33)24-23(25(34)15-3-6-17(29)7-4-15)26(35)27(36)32(24)28-30-14-22(41-28)42(38,39)19-10-8-18(31-37)9-11-19/h3-14,24,31,33-34,37H,2H2,1H3. The molecule has 1 aliphatic heterocycles. The minimum atomic E-state index is -4.09. The van der Waals surface area contributed by atoms with Crippen LogP contribution in [0.3, 0.4) is 0 Å². The van der Waals surface area contributed by atoms with Crippen molar-refractivity contribution in [3.63, 3.8) is 0 Å². The number of carbonyl (C=O) groups excluding carboxylic acids is 2. The summed E-state index contributed by atoms with van der Waals surface area (Å²) in [5.41, 5.74) is 2.43. The number of halogens is 1. The molecule has 0 saturated carbocycles. The number of benzene rings is 3. The third-order valence-corrected chi connectivity index (χ3v) is 9.88. The number of sulfone groups is 1. The summed E-state index contributed by atoms with van der Waals surface area (Å²) in [5.74, 6) is -2.65. The Kier molecular flexibility index (Phi) is 7.93. The third kappa shape index (κ3) is 5.18. The van der Waals surface area contributed by atoms with Gasteiger partial charge in [-0.1, -0.05) is 29.0 Å². The van der Waals surface area contributed by atoms with Crippen molar-refractivity contribution in [3.05, 3.63) is 94.6 Å². The third-order valence-electron chi connectivity index (χ3n) is 6.40. The average Bonchev–Trinajstić information content (AvgIpc) is 3.58. The number of phenolic OH excluding ortho intramolecular Hbond substituents is 1. The number of hydrogen-bond donors (Lipinski definition) is 4. The van der Waals surface area contributed by atoms with Gasteiger partial charge in [-0.15, -0.1) is 0 Å². The van der Waals surface area contributed by atoms with Crippen molar-refractivity contribution in [1.29, 1.82) is 0 Å². The first-order valence-corrected chi connectivity index (χ1v) is 15.0. The molecule has 1 atom stereocenters. The molecule has 1 fully saturated rings. The Labute approximate surface area is 248 Å². The van der Waals surface area contributed by atoms with Gasteiger partial charge in [0.25, 0.3) is 5.78 Å². The number of nitrogens with one attached hydrogen (secondary N) is 1. The number of phenols is 1. The van der Waals surface area contributed by atoms with E-state index in [0.717, 1.165) is 11.1 Å². The minimum absolute atomic E-state index is 0.0790. The number of aromatic hydroxyl groups is 1. The van der Waals surface area contributed by atoms with Crippen molar-refractivity contribution in [1.82, 2.24) is 4.98 Å². The number of Topliss-reactive ketones (excluding diaryl/α,β-unsaturated/α-hetero) is 1. The Balaban J connectivity index is 1.66. The van der Waals surface area contributed by atoms with E-state index in [0.29, 0.717) is 16.4 Å². The number of aliphatic hydroxyl groups is 1. The summed E-state index contributed by atoms with van der Waals surface area (Å²) in [4.78, 5) is 32.0. The second kappa shape index (κ2) is 11.4. The van der Waals surface area contributed by atoms with E-state index in [1.165, 1.54) is 66.7 Å². The molecular weight excluding hydrogens is 606 g/mol. The molecule has 4 N–H and O–H groups in total. The summed E-state index contributed by atoms with van der Waals surface area (Å²) in [5, 5.41) is 30.8. The minimum Gasteiger partial charge on any atom is -0.507 e. The average molecular weight is 628 g/mol. The molecule has 0 radical (unpaired) electrons. The number of amides is 1.